The first-order valence-corrected chi connectivity index (χ1v) is 8.33. The van der Waals surface area contributed by atoms with Gasteiger partial charge in [-0.05, 0) is 45.2 Å². The first kappa shape index (κ1) is 16.0. The number of benzene rings is 1. The molecule has 3 nitrogen and oxygen atoms in total. The van der Waals surface area contributed by atoms with Crippen LogP contribution in [-0.4, -0.2) is 36.0 Å². The third-order valence-corrected chi connectivity index (χ3v) is 4.75. The van der Waals surface area contributed by atoms with E-state index in [1.807, 2.05) is 24.3 Å². The number of nitrogens with one attached hydrogen (secondary N) is 1. The molecule has 0 unspecified atom stereocenters. The third kappa shape index (κ3) is 4.05. The molecule has 0 aliphatic carbocycles. The highest BCUT2D eigenvalue weighted by Crippen LogP contribution is 2.24. The molecule has 0 radical (unpaired) electrons. The Labute approximate surface area is 131 Å². The zero-order valence-corrected chi connectivity index (χ0v) is 14.0. The van der Waals surface area contributed by atoms with Crippen LogP contribution in [0.3, 0.4) is 0 Å². The zero-order chi connectivity index (χ0) is 15.4. The average molecular weight is 304 g/mol. The van der Waals surface area contributed by atoms with Crippen LogP contribution in [0.2, 0.25) is 0 Å². The first-order valence-electron chi connectivity index (χ1n) is 7.51. The third-order valence-electron chi connectivity index (χ3n) is 3.63. The fraction of sp³-hybridized carbons (Fsp3) is 0.471. The maximum Gasteiger partial charge on any atom is 0.261 e. The summed E-state index contributed by atoms with van der Waals surface area (Å²) in [6.45, 7) is 10.3. The Morgan fingerprint density at radius 1 is 1.19 bits per heavy atom. The normalized spacial score (nSPS) is 11.8. The Kier molecular flexibility index (Phi) is 5.37. The molecule has 0 atom stereocenters. The van der Waals surface area contributed by atoms with Gasteiger partial charge in [0.2, 0.25) is 0 Å². The van der Waals surface area contributed by atoms with Crippen molar-refractivity contribution in [2.24, 2.45) is 0 Å². The minimum Gasteiger partial charge on any atom is -0.350 e. The highest BCUT2D eigenvalue weighted by Gasteiger charge is 2.14. The highest BCUT2D eigenvalue weighted by molar-refractivity contribution is 7.20. The van der Waals surface area contributed by atoms with Gasteiger partial charge >= 0.3 is 0 Å². The molecule has 4 heteroatoms. The van der Waals surface area contributed by atoms with Gasteiger partial charge in [-0.3, -0.25) is 9.69 Å². The lowest BCUT2D eigenvalue weighted by Gasteiger charge is -2.30. The van der Waals surface area contributed by atoms with Crippen molar-refractivity contribution in [2.45, 2.75) is 39.8 Å². The van der Waals surface area contributed by atoms with E-state index in [9.17, 15) is 4.79 Å². The summed E-state index contributed by atoms with van der Waals surface area (Å²) < 4.78 is 1.16. The van der Waals surface area contributed by atoms with Crippen LogP contribution in [-0.2, 0) is 0 Å². The molecule has 0 aliphatic heterocycles. The molecule has 1 heterocycles. The molecular formula is C17H24N2OS. The van der Waals surface area contributed by atoms with Crippen molar-refractivity contribution >= 4 is 27.3 Å². The molecule has 0 aliphatic rings. The lowest BCUT2D eigenvalue weighted by molar-refractivity contribution is 0.0943. The molecule has 0 saturated heterocycles. The molecule has 0 saturated carbocycles. The lowest BCUT2D eigenvalue weighted by atomic mass is 10.2. The predicted octanol–water partition coefficient (Wildman–Crippen LogP) is 3.75. The van der Waals surface area contributed by atoms with E-state index in [1.165, 1.54) is 0 Å². The van der Waals surface area contributed by atoms with Crippen LogP contribution < -0.4 is 5.32 Å². The Morgan fingerprint density at radius 3 is 2.48 bits per heavy atom. The summed E-state index contributed by atoms with van der Waals surface area (Å²) in [4.78, 5) is 15.4. The van der Waals surface area contributed by atoms with E-state index in [-0.39, 0.29) is 5.91 Å². The molecule has 1 aromatic heterocycles. The van der Waals surface area contributed by atoms with E-state index in [4.69, 9.17) is 0 Å². The molecule has 2 rings (SSSR count). The summed E-state index contributed by atoms with van der Waals surface area (Å²) in [7, 11) is 0. The second kappa shape index (κ2) is 7.05. The van der Waals surface area contributed by atoms with Gasteiger partial charge in [0.25, 0.3) is 5.91 Å². The van der Waals surface area contributed by atoms with Gasteiger partial charge in [0.05, 0.1) is 4.88 Å². The summed E-state index contributed by atoms with van der Waals surface area (Å²) in [6, 6.07) is 11.1. The van der Waals surface area contributed by atoms with Crippen molar-refractivity contribution in [3.05, 3.63) is 35.2 Å². The molecule has 0 fully saturated rings. The molecule has 21 heavy (non-hydrogen) atoms. The molecule has 114 valence electrons. The Morgan fingerprint density at radius 2 is 1.86 bits per heavy atom. The molecule has 0 spiro atoms. The number of hydrogen-bond acceptors (Lipinski definition) is 3. The number of carbonyl (C=O) groups is 1. The number of nitrogens with zero attached hydrogens (tertiary/aromatic N) is 1. The van der Waals surface area contributed by atoms with Crippen molar-refractivity contribution < 1.29 is 4.79 Å². The smallest absolute Gasteiger partial charge is 0.261 e. The largest absolute Gasteiger partial charge is 0.350 e. The molecule has 1 N–H and O–H groups in total. The van der Waals surface area contributed by atoms with Gasteiger partial charge in [-0.2, -0.15) is 0 Å². The average Bonchev–Trinajstić information content (AvgIpc) is 2.86. The molecule has 1 amide bonds. The van der Waals surface area contributed by atoms with Crippen molar-refractivity contribution in [2.75, 3.05) is 13.1 Å². The van der Waals surface area contributed by atoms with Gasteiger partial charge in [-0.1, -0.05) is 18.2 Å². The maximum absolute atomic E-state index is 12.2. The molecule has 0 bridgehead atoms. The fourth-order valence-electron chi connectivity index (χ4n) is 2.59. The number of hydrogen-bond donors (Lipinski definition) is 1. The van der Waals surface area contributed by atoms with Crippen LogP contribution in [0.4, 0.5) is 0 Å². The predicted molar refractivity (Wildman–Crippen MR) is 91.1 cm³/mol. The first-order chi connectivity index (χ1) is 9.99. The monoisotopic (exact) mass is 304 g/mol. The van der Waals surface area contributed by atoms with E-state index in [0.29, 0.717) is 18.6 Å². The number of thiophene rings is 1. The maximum atomic E-state index is 12.2. The molecule has 2 aromatic rings. The van der Waals surface area contributed by atoms with E-state index >= 15 is 0 Å². The van der Waals surface area contributed by atoms with Crippen LogP contribution in [0.1, 0.15) is 37.4 Å². The van der Waals surface area contributed by atoms with Crippen LogP contribution in [0.5, 0.6) is 0 Å². The van der Waals surface area contributed by atoms with Crippen LogP contribution in [0.15, 0.2) is 30.3 Å². The van der Waals surface area contributed by atoms with Crippen LogP contribution in [0.25, 0.3) is 10.1 Å². The topological polar surface area (TPSA) is 32.3 Å². The zero-order valence-electron chi connectivity index (χ0n) is 13.2. The second-order valence-electron chi connectivity index (χ2n) is 5.83. The summed E-state index contributed by atoms with van der Waals surface area (Å²) >= 11 is 1.55. The summed E-state index contributed by atoms with van der Waals surface area (Å²) in [5.74, 6) is 0.0312. The summed E-state index contributed by atoms with van der Waals surface area (Å²) in [6.07, 6.45) is 0. The quantitative estimate of drug-likeness (QED) is 0.881. The van der Waals surface area contributed by atoms with E-state index in [2.05, 4.69) is 44.0 Å². The van der Waals surface area contributed by atoms with Gasteiger partial charge in [-0.25, -0.2) is 0 Å². The van der Waals surface area contributed by atoms with Crippen LogP contribution >= 0.6 is 11.3 Å². The highest BCUT2D eigenvalue weighted by atomic mass is 32.1. The number of amides is 1. The second-order valence-corrected chi connectivity index (χ2v) is 6.91. The van der Waals surface area contributed by atoms with Gasteiger partial charge < -0.3 is 5.32 Å². The summed E-state index contributed by atoms with van der Waals surface area (Å²) in [5.41, 5.74) is 0. The minimum atomic E-state index is 0.0312. The standard InChI is InChI=1S/C17H24N2OS/c1-12(2)19(13(3)4)10-9-18-17(20)16-11-14-7-5-6-8-15(14)21-16/h5-8,11-13H,9-10H2,1-4H3,(H,18,20). The minimum absolute atomic E-state index is 0.0312. The number of carbonyl (C=O) groups excluding carboxylic acids is 1. The van der Waals surface area contributed by atoms with E-state index < -0.39 is 0 Å². The van der Waals surface area contributed by atoms with Crippen molar-refractivity contribution in [1.29, 1.82) is 0 Å². The van der Waals surface area contributed by atoms with Crippen molar-refractivity contribution in [3.63, 3.8) is 0 Å². The molecule has 1 aromatic carbocycles. The summed E-state index contributed by atoms with van der Waals surface area (Å²) in [5, 5.41) is 4.17. The fourth-order valence-corrected chi connectivity index (χ4v) is 3.57. The van der Waals surface area contributed by atoms with E-state index in [1.54, 1.807) is 11.3 Å². The van der Waals surface area contributed by atoms with Crippen molar-refractivity contribution in [1.82, 2.24) is 10.2 Å². The number of rotatable bonds is 6. The van der Waals surface area contributed by atoms with Gasteiger partial charge in [0.1, 0.15) is 0 Å². The SMILES string of the molecule is CC(C)N(CCNC(=O)c1cc2ccccc2s1)C(C)C. The van der Waals surface area contributed by atoms with Gasteiger partial charge in [0.15, 0.2) is 0 Å². The van der Waals surface area contributed by atoms with Crippen LogP contribution in [0, 0.1) is 0 Å². The van der Waals surface area contributed by atoms with Gasteiger partial charge in [-0.15, -0.1) is 11.3 Å². The Hall–Kier alpha value is -1.39. The Balaban J connectivity index is 1.92. The molecular weight excluding hydrogens is 280 g/mol. The number of fused-ring (bicyclic) bond motifs is 1. The van der Waals surface area contributed by atoms with E-state index in [0.717, 1.165) is 21.5 Å². The Bertz CT molecular complexity index is 563. The lowest BCUT2D eigenvalue weighted by Crippen LogP contribution is -2.42. The van der Waals surface area contributed by atoms with Crippen molar-refractivity contribution in [3.8, 4) is 0 Å². The van der Waals surface area contributed by atoms with Gasteiger partial charge in [0, 0.05) is 29.9 Å².